The highest BCUT2D eigenvalue weighted by molar-refractivity contribution is 5.94. The number of fused-ring (bicyclic) bond motifs is 1. The molecule has 1 heterocycles. The van der Waals surface area contributed by atoms with Gasteiger partial charge in [0.25, 0.3) is 5.91 Å². The van der Waals surface area contributed by atoms with Crippen LogP contribution in [0.25, 0.3) is 0 Å². The Balaban J connectivity index is 2.04. The Morgan fingerprint density at radius 2 is 1.89 bits per heavy atom. The third kappa shape index (κ3) is 2.73. The minimum atomic E-state index is -0.00449. The van der Waals surface area contributed by atoms with Crippen molar-refractivity contribution >= 4 is 5.91 Å². The molecule has 1 aromatic rings. The maximum Gasteiger partial charge on any atom is 0.253 e. The van der Waals surface area contributed by atoms with Crippen LogP contribution < -0.4 is 9.47 Å². The highest BCUT2D eigenvalue weighted by Gasteiger charge is 2.18. The monoisotopic (exact) mass is 250 g/mol. The quantitative estimate of drug-likeness (QED) is 0.801. The van der Waals surface area contributed by atoms with Gasteiger partial charge < -0.3 is 19.3 Å². The van der Waals surface area contributed by atoms with Crippen LogP contribution in [0, 0.1) is 0 Å². The highest BCUT2D eigenvalue weighted by atomic mass is 16.7. The van der Waals surface area contributed by atoms with Gasteiger partial charge in [-0.25, -0.2) is 0 Å². The van der Waals surface area contributed by atoms with Gasteiger partial charge in [-0.05, 0) is 32.3 Å². The third-order valence-corrected chi connectivity index (χ3v) is 2.85. The second kappa shape index (κ2) is 5.27. The van der Waals surface area contributed by atoms with Gasteiger partial charge in [0, 0.05) is 25.7 Å². The van der Waals surface area contributed by atoms with Crippen LogP contribution in [-0.4, -0.2) is 56.7 Å². The van der Waals surface area contributed by atoms with E-state index >= 15 is 0 Å². The number of likely N-dealkylation sites (N-methyl/N-ethyl adjacent to an activating group) is 2. The second-order valence-corrected chi connectivity index (χ2v) is 4.60. The van der Waals surface area contributed by atoms with E-state index in [9.17, 15) is 4.79 Å². The molecule has 5 heteroatoms. The minimum absolute atomic E-state index is 0.00449. The number of ether oxygens (including phenoxy) is 2. The van der Waals surface area contributed by atoms with E-state index in [-0.39, 0.29) is 12.7 Å². The average molecular weight is 250 g/mol. The largest absolute Gasteiger partial charge is 0.454 e. The predicted octanol–water partition coefficient (Wildman–Crippen LogP) is 1.05. The summed E-state index contributed by atoms with van der Waals surface area (Å²) < 4.78 is 10.5. The number of nitrogens with zero attached hydrogens (tertiary/aromatic N) is 2. The van der Waals surface area contributed by atoms with E-state index < -0.39 is 0 Å². The highest BCUT2D eigenvalue weighted by Crippen LogP contribution is 2.32. The molecule has 1 amide bonds. The lowest BCUT2D eigenvalue weighted by Crippen LogP contribution is -2.33. The zero-order chi connectivity index (χ0) is 13.1. The fourth-order valence-corrected chi connectivity index (χ4v) is 1.70. The number of hydrogen-bond acceptors (Lipinski definition) is 4. The van der Waals surface area contributed by atoms with Crippen LogP contribution in [-0.2, 0) is 0 Å². The Morgan fingerprint density at radius 1 is 1.17 bits per heavy atom. The van der Waals surface area contributed by atoms with Crippen molar-refractivity contribution in [1.29, 1.82) is 0 Å². The molecule has 0 radical (unpaired) electrons. The summed E-state index contributed by atoms with van der Waals surface area (Å²) >= 11 is 0. The molecular weight excluding hydrogens is 232 g/mol. The second-order valence-electron chi connectivity index (χ2n) is 4.60. The first-order valence-corrected chi connectivity index (χ1v) is 5.88. The van der Waals surface area contributed by atoms with Crippen LogP contribution in [0.15, 0.2) is 18.2 Å². The Morgan fingerprint density at radius 3 is 2.61 bits per heavy atom. The van der Waals surface area contributed by atoms with E-state index in [2.05, 4.69) is 0 Å². The first-order chi connectivity index (χ1) is 8.58. The summed E-state index contributed by atoms with van der Waals surface area (Å²) in [6.45, 7) is 1.76. The number of rotatable bonds is 4. The number of carbonyl (C=O) groups is 1. The van der Waals surface area contributed by atoms with Gasteiger partial charge in [-0.1, -0.05) is 0 Å². The number of hydrogen-bond donors (Lipinski definition) is 0. The van der Waals surface area contributed by atoms with Crippen molar-refractivity contribution in [3.8, 4) is 11.5 Å². The Hall–Kier alpha value is -1.75. The lowest BCUT2D eigenvalue weighted by Gasteiger charge is -2.19. The van der Waals surface area contributed by atoms with Gasteiger partial charge in [-0.2, -0.15) is 0 Å². The summed E-state index contributed by atoms with van der Waals surface area (Å²) in [5.74, 6) is 1.33. The number of carbonyl (C=O) groups excluding carboxylic acids is 1. The van der Waals surface area contributed by atoms with E-state index in [1.807, 2.05) is 19.0 Å². The summed E-state index contributed by atoms with van der Waals surface area (Å²) in [6.07, 6.45) is 0. The van der Waals surface area contributed by atoms with E-state index in [1.165, 1.54) is 0 Å². The average Bonchev–Trinajstić information content (AvgIpc) is 2.81. The summed E-state index contributed by atoms with van der Waals surface area (Å²) in [7, 11) is 5.77. The summed E-state index contributed by atoms with van der Waals surface area (Å²) in [5, 5.41) is 0. The molecule has 0 spiro atoms. The molecule has 0 N–H and O–H groups in total. The standard InChI is InChI=1S/C13H18N2O3/c1-14(2)6-7-15(3)13(16)10-4-5-11-12(8-10)18-9-17-11/h4-5,8H,6-7,9H2,1-3H3. The summed E-state index contributed by atoms with van der Waals surface area (Å²) in [5.41, 5.74) is 0.625. The molecule has 0 aromatic heterocycles. The third-order valence-electron chi connectivity index (χ3n) is 2.85. The SMILES string of the molecule is CN(C)CCN(C)C(=O)c1ccc2c(c1)OCO2. The van der Waals surface area contributed by atoms with E-state index in [0.717, 1.165) is 6.54 Å². The van der Waals surface area contributed by atoms with E-state index in [4.69, 9.17) is 9.47 Å². The van der Waals surface area contributed by atoms with E-state index in [1.54, 1.807) is 30.1 Å². The van der Waals surface area contributed by atoms with E-state index in [0.29, 0.717) is 23.6 Å². The van der Waals surface area contributed by atoms with Crippen LogP contribution in [0.5, 0.6) is 11.5 Å². The first kappa shape index (κ1) is 12.7. The molecule has 5 nitrogen and oxygen atoms in total. The molecule has 0 atom stereocenters. The minimum Gasteiger partial charge on any atom is -0.454 e. The van der Waals surface area contributed by atoms with Crippen molar-refractivity contribution in [3.05, 3.63) is 23.8 Å². The molecular formula is C13H18N2O3. The Kier molecular flexibility index (Phi) is 3.72. The van der Waals surface area contributed by atoms with Gasteiger partial charge in [0.15, 0.2) is 11.5 Å². The normalized spacial score (nSPS) is 12.9. The molecule has 1 aromatic carbocycles. The van der Waals surface area contributed by atoms with Gasteiger partial charge >= 0.3 is 0 Å². The van der Waals surface area contributed by atoms with Crippen molar-refractivity contribution in [2.45, 2.75) is 0 Å². The molecule has 0 unspecified atom stereocenters. The maximum absolute atomic E-state index is 12.2. The zero-order valence-corrected chi connectivity index (χ0v) is 11.0. The van der Waals surface area contributed by atoms with Crippen LogP contribution in [0.3, 0.4) is 0 Å². The van der Waals surface area contributed by atoms with Crippen LogP contribution in [0.1, 0.15) is 10.4 Å². The lowest BCUT2D eigenvalue weighted by molar-refractivity contribution is 0.0786. The Labute approximate surface area is 107 Å². The van der Waals surface area contributed by atoms with Gasteiger partial charge in [-0.15, -0.1) is 0 Å². The molecule has 1 aliphatic heterocycles. The van der Waals surface area contributed by atoms with Crippen LogP contribution in [0.4, 0.5) is 0 Å². The Bertz CT molecular complexity index is 446. The van der Waals surface area contributed by atoms with Gasteiger partial charge in [0.1, 0.15) is 0 Å². The van der Waals surface area contributed by atoms with Crippen molar-refractivity contribution in [2.75, 3.05) is 41.0 Å². The summed E-state index contributed by atoms with van der Waals surface area (Å²) in [4.78, 5) is 15.9. The molecule has 18 heavy (non-hydrogen) atoms. The van der Waals surface area contributed by atoms with Crippen molar-refractivity contribution in [1.82, 2.24) is 9.80 Å². The number of amides is 1. The van der Waals surface area contributed by atoms with Gasteiger partial charge in [0.2, 0.25) is 6.79 Å². The van der Waals surface area contributed by atoms with Gasteiger partial charge in [0.05, 0.1) is 0 Å². The summed E-state index contributed by atoms with van der Waals surface area (Å²) in [6, 6.07) is 5.27. The van der Waals surface area contributed by atoms with Gasteiger partial charge in [-0.3, -0.25) is 4.79 Å². The maximum atomic E-state index is 12.2. The molecule has 0 saturated carbocycles. The molecule has 0 fully saturated rings. The van der Waals surface area contributed by atoms with Crippen LogP contribution >= 0.6 is 0 Å². The molecule has 0 aliphatic carbocycles. The molecule has 0 saturated heterocycles. The molecule has 0 bridgehead atoms. The van der Waals surface area contributed by atoms with Crippen LogP contribution in [0.2, 0.25) is 0 Å². The zero-order valence-electron chi connectivity index (χ0n) is 11.0. The van der Waals surface area contributed by atoms with Crippen molar-refractivity contribution in [2.24, 2.45) is 0 Å². The lowest BCUT2D eigenvalue weighted by atomic mass is 10.2. The smallest absolute Gasteiger partial charge is 0.253 e. The van der Waals surface area contributed by atoms with Crippen molar-refractivity contribution in [3.63, 3.8) is 0 Å². The topological polar surface area (TPSA) is 42.0 Å². The first-order valence-electron chi connectivity index (χ1n) is 5.88. The molecule has 2 rings (SSSR count). The fraction of sp³-hybridized carbons (Fsp3) is 0.462. The number of benzene rings is 1. The molecule has 1 aliphatic rings. The van der Waals surface area contributed by atoms with Crippen molar-refractivity contribution < 1.29 is 14.3 Å². The fourth-order valence-electron chi connectivity index (χ4n) is 1.70. The molecule has 98 valence electrons. The predicted molar refractivity (Wildman–Crippen MR) is 68.1 cm³/mol.